The molecule has 0 radical (unpaired) electrons. The maximum atomic E-state index is 13.4. The molecule has 0 saturated carbocycles. The van der Waals surface area contributed by atoms with Crippen LogP contribution in [0.4, 0.5) is 8.78 Å². The number of hydrogen-bond acceptors (Lipinski definition) is 2. The van der Waals surface area contributed by atoms with Gasteiger partial charge in [0.1, 0.15) is 5.82 Å². The first-order valence-corrected chi connectivity index (χ1v) is 3.60. The summed E-state index contributed by atoms with van der Waals surface area (Å²) in [6.07, 6.45) is 1.10. The van der Waals surface area contributed by atoms with E-state index in [1.807, 2.05) is 0 Å². The lowest BCUT2D eigenvalue weighted by Crippen LogP contribution is -2.11. The molecule has 13 heavy (non-hydrogen) atoms. The van der Waals surface area contributed by atoms with Gasteiger partial charge >= 0.3 is 0 Å². The fourth-order valence-electron chi connectivity index (χ4n) is 0.923. The van der Waals surface area contributed by atoms with Gasteiger partial charge in [0.2, 0.25) is 11.9 Å². The Morgan fingerprint density at radius 2 is 2.23 bits per heavy atom. The summed E-state index contributed by atoms with van der Waals surface area (Å²) in [7, 11) is 0. The largest absolute Gasteiger partial charge is 0.238 e. The number of alkyl halides is 1. The zero-order valence-corrected chi connectivity index (χ0v) is 6.92. The van der Waals surface area contributed by atoms with Crippen LogP contribution in [0.15, 0.2) is 29.3 Å². The normalized spacial score (nSPS) is 14.4. The van der Waals surface area contributed by atoms with E-state index in [0.717, 1.165) is 19.1 Å². The molecule has 1 aromatic rings. The predicted molar refractivity (Wildman–Crippen MR) is 43.0 cm³/mol. The van der Waals surface area contributed by atoms with Gasteiger partial charge in [0, 0.05) is 5.56 Å². The summed E-state index contributed by atoms with van der Waals surface area (Å²) in [5.41, 5.74) is -0.00384. The molecule has 0 aliphatic rings. The van der Waals surface area contributed by atoms with E-state index < -0.39 is 11.6 Å². The molecule has 0 amide bonds. The lowest BCUT2D eigenvalue weighted by molar-refractivity contribution is 0.205. The predicted octanol–water partition coefficient (Wildman–Crippen LogP) is 2.30. The molecule has 4 heteroatoms. The van der Waals surface area contributed by atoms with Crippen LogP contribution >= 0.6 is 0 Å². The Labute approximate surface area is 73.9 Å². The Kier molecular flexibility index (Phi) is 2.54. The van der Waals surface area contributed by atoms with Crippen LogP contribution in [0.5, 0.6) is 0 Å². The molecule has 1 atom stereocenters. The number of isocyanates is 1. The van der Waals surface area contributed by atoms with Crippen molar-refractivity contribution >= 4 is 6.08 Å². The Hall–Kier alpha value is -1.54. The highest BCUT2D eigenvalue weighted by atomic mass is 19.1. The van der Waals surface area contributed by atoms with Gasteiger partial charge in [-0.2, -0.15) is 4.99 Å². The molecule has 0 spiro atoms. The van der Waals surface area contributed by atoms with Crippen molar-refractivity contribution in [3.05, 3.63) is 35.6 Å². The van der Waals surface area contributed by atoms with Gasteiger partial charge in [-0.25, -0.2) is 13.6 Å². The molecule has 1 rings (SSSR count). The summed E-state index contributed by atoms with van der Waals surface area (Å²) in [6, 6.07) is 4.87. The van der Waals surface area contributed by atoms with E-state index >= 15 is 0 Å². The van der Waals surface area contributed by atoms with Gasteiger partial charge in [-0.05, 0) is 19.1 Å². The van der Waals surface area contributed by atoms with Gasteiger partial charge in [0.05, 0.1) is 0 Å². The van der Waals surface area contributed by atoms with E-state index in [1.165, 1.54) is 18.2 Å². The maximum absolute atomic E-state index is 13.4. The second-order valence-electron chi connectivity index (χ2n) is 2.67. The smallest absolute Gasteiger partial charge is 0.212 e. The van der Waals surface area contributed by atoms with Crippen LogP contribution in [0.3, 0.4) is 0 Å². The molecular weight excluding hydrogens is 176 g/mol. The van der Waals surface area contributed by atoms with E-state index in [9.17, 15) is 13.6 Å². The lowest BCUT2D eigenvalue weighted by Gasteiger charge is -2.12. The molecular formula is C9H7F2NO. The summed E-state index contributed by atoms with van der Waals surface area (Å²) in [5.74, 6) is -2.77. The first kappa shape index (κ1) is 9.55. The van der Waals surface area contributed by atoms with Crippen LogP contribution < -0.4 is 0 Å². The third-order valence-corrected chi connectivity index (χ3v) is 1.61. The van der Waals surface area contributed by atoms with Crippen molar-refractivity contribution in [1.29, 1.82) is 0 Å². The molecule has 1 unspecified atom stereocenters. The standard InChI is InChI=1S/C9H7F2NO/c1-9(11,12-6-13)7-3-2-4-8(10)5-7/h2-5H,1H3. The van der Waals surface area contributed by atoms with Crippen LogP contribution in [0.2, 0.25) is 0 Å². The topological polar surface area (TPSA) is 29.4 Å². The zero-order chi connectivity index (χ0) is 9.90. The fraction of sp³-hybridized carbons (Fsp3) is 0.222. The van der Waals surface area contributed by atoms with E-state index in [-0.39, 0.29) is 5.56 Å². The van der Waals surface area contributed by atoms with Crippen molar-refractivity contribution < 1.29 is 13.6 Å². The van der Waals surface area contributed by atoms with Crippen molar-refractivity contribution in [1.82, 2.24) is 0 Å². The Morgan fingerprint density at radius 1 is 1.54 bits per heavy atom. The summed E-state index contributed by atoms with van der Waals surface area (Å²) in [4.78, 5) is 12.8. The number of aliphatic imine (C=N–C) groups is 1. The minimum Gasteiger partial charge on any atom is -0.212 e. The minimum atomic E-state index is -2.20. The number of nitrogens with zero attached hydrogens (tertiary/aromatic N) is 1. The minimum absolute atomic E-state index is 0.00384. The molecule has 0 aliphatic heterocycles. The third-order valence-electron chi connectivity index (χ3n) is 1.61. The average molecular weight is 183 g/mol. The lowest BCUT2D eigenvalue weighted by atomic mass is 10.1. The number of hydrogen-bond donors (Lipinski definition) is 0. The van der Waals surface area contributed by atoms with Gasteiger partial charge in [0.15, 0.2) is 0 Å². The third kappa shape index (κ3) is 2.20. The molecule has 0 bridgehead atoms. The number of rotatable bonds is 2. The van der Waals surface area contributed by atoms with Gasteiger partial charge in [-0.3, -0.25) is 0 Å². The molecule has 0 heterocycles. The first-order valence-electron chi connectivity index (χ1n) is 3.60. The molecule has 0 aliphatic carbocycles. The van der Waals surface area contributed by atoms with E-state index in [1.54, 1.807) is 0 Å². The zero-order valence-electron chi connectivity index (χ0n) is 6.92. The van der Waals surface area contributed by atoms with Gasteiger partial charge < -0.3 is 0 Å². The second kappa shape index (κ2) is 3.46. The number of halogens is 2. The monoisotopic (exact) mass is 183 g/mol. The van der Waals surface area contributed by atoms with Crippen LogP contribution in [0.25, 0.3) is 0 Å². The van der Waals surface area contributed by atoms with Crippen molar-refractivity contribution in [3.8, 4) is 0 Å². The van der Waals surface area contributed by atoms with Crippen LogP contribution in [0, 0.1) is 5.82 Å². The van der Waals surface area contributed by atoms with Gasteiger partial charge in [-0.15, -0.1) is 0 Å². The van der Waals surface area contributed by atoms with E-state index in [0.29, 0.717) is 0 Å². The molecule has 68 valence electrons. The van der Waals surface area contributed by atoms with Crippen molar-refractivity contribution in [3.63, 3.8) is 0 Å². The number of carbonyl (C=O) groups excluding carboxylic acids is 1. The van der Waals surface area contributed by atoms with Crippen LogP contribution in [0.1, 0.15) is 12.5 Å². The highest BCUT2D eigenvalue weighted by molar-refractivity contribution is 5.36. The number of benzene rings is 1. The quantitative estimate of drug-likeness (QED) is 0.393. The molecule has 0 fully saturated rings. The van der Waals surface area contributed by atoms with E-state index in [4.69, 9.17) is 0 Å². The maximum Gasteiger partial charge on any atom is 0.238 e. The summed E-state index contributed by atoms with van der Waals surface area (Å²) >= 11 is 0. The highest BCUT2D eigenvalue weighted by Crippen LogP contribution is 2.26. The van der Waals surface area contributed by atoms with Gasteiger partial charge in [0.25, 0.3) is 0 Å². The molecule has 1 aromatic carbocycles. The first-order chi connectivity index (χ1) is 6.06. The molecule has 0 aromatic heterocycles. The van der Waals surface area contributed by atoms with Crippen LogP contribution in [-0.2, 0) is 10.6 Å². The highest BCUT2D eigenvalue weighted by Gasteiger charge is 2.24. The summed E-state index contributed by atoms with van der Waals surface area (Å²) in [5, 5.41) is 0. The molecule has 0 N–H and O–H groups in total. The second-order valence-corrected chi connectivity index (χ2v) is 2.67. The Morgan fingerprint density at radius 3 is 2.77 bits per heavy atom. The Bertz CT molecular complexity index is 356. The Balaban J connectivity index is 3.13. The SMILES string of the molecule is CC(F)(N=C=O)c1cccc(F)c1. The average Bonchev–Trinajstić information content (AvgIpc) is 2.04. The van der Waals surface area contributed by atoms with Crippen LogP contribution in [-0.4, -0.2) is 6.08 Å². The summed E-state index contributed by atoms with van der Waals surface area (Å²) in [6.45, 7) is 1.06. The fourth-order valence-corrected chi connectivity index (χ4v) is 0.923. The van der Waals surface area contributed by atoms with Gasteiger partial charge in [-0.1, -0.05) is 12.1 Å². The summed E-state index contributed by atoms with van der Waals surface area (Å²) < 4.78 is 26.0. The van der Waals surface area contributed by atoms with Crippen molar-refractivity contribution in [2.24, 2.45) is 4.99 Å². The molecule has 2 nitrogen and oxygen atoms in total. The molecule has 0 saturated heterocycles. The van der Waals surface area contributed by atoms with Crippen molar-refractivity contribution in [2.75, 3.05) is 0 Å². The van der Waals surface area contributed by atoms with Crippen molar-refractivity contribution in [2.45, 2.75) is 12.7 Å². The van der Waals surface area contributed by atoms with E-state index in [2.05, 4.69) is 4.99 Å².